The van der Waals surface area contributed by atoms with Crippen molar-refractivity contribution in [3.05, 3.63) is 18.2 Å². The van der Waals surface area contributed by atoms with Crippen LogP contribution in [0.1, 0.15) is 56.6 Å². The summed E-state index contributed by atoms with van der Waals surface area (Å²) in [4.78, 5) is 19.7. The number of H-pyrrole nitrogens is 1. The van der Waals surface area contributed by atoms with E-state index in [1.807, 2.05) is 6.20 Å². The summed E-state index contributed by atoms with van der Waals surface area (Å²) in [6.07, 6.45) is 13.1. The molecule has 1 amide bonds. The summed E-state index contributed by atoms with van der Waals surface area (Å²) < 4.78 is 0. The first-order valence-electron chi connectivity index (χ1n) is 8.97. The van der Waals surface area contributed by atoms with E-state index in [4.69, 9.17) is 0 Å². The summed E-state index contributed by atoms with van der Waals surface area (Å²) in [6.45, 7) is 0.930. The molecule has 0 aromatic carbocycles. The topological polar surface area (TPSA) is 57.8 Å². The van der Waals surface area contributed by atoms with Gasteiger partial charge in [-0.25, -0.2) is 4.98 Å². The molecule has 0 unspecified atom stereocenters. The van der Waals surface area contributed by atoms with Crippen molar-refractivity contribution in [3.63, 3.8) is 0 Å². The van der Waals surface area contributed by atoms with Crippen molar-refractivity contribution in [2.24, 2.45) is 29.1 Å². The Bertz CT molecular complexity index is 544. The van der Waals surface area contributed by atoms with Crippen LogP contribution in [0.15, 0.2) is 12.5 Å². The van der Waals surface area contributed by atoms with E-state index in [-0.39, 0.29) is 11.8 Å². The number of hydrogen-bond acceptors (Lipinski definition) is 2. The second-order valence-electron chi connectivity index (χ2n) is 8.58. The van der Waals surface area contributed by atoms with Crippen LogP contribution in [0.25, 0.3) is 0 Å². The first-order valence-corrected chi connectivity index (χ1v) is 8.97. The molecule has 2 atom stereocenters. The highest BCUT2D eigenvalue weighted by atomic mass is 16.2. The highest BCUT2D eigenvalue weighted by Gasteiger charge is 2.51. The Balaban J connectivity index is 1.20. The highest BCUT2D eigenvalue weighted by Crippen LogP contribution is 2.59. The minimum absolute atomic E-state index is 0.164. The Kier molecular flexibility index (Phi) is 2.74. The van der Waals surface area contributed by atoms with Crippen molar-refractivity contribution < 1.29 is 4.79 Å². The maximum absolute atomic E-state index is 12.5. The van der Waals surface area contributed by atoms with Crippen LogP contribution in [-0.2, 0) is 4.79 Å². The number of aromatic nitrogens is 2. The lowest BCUT2D eigenvalue weighted by Crippen LogP contribution is -2.51. The smallest absolute Gasteiger partial charge is 0.223 e. The van der Waals surface area contributed by atoms with E-state index >= 15 is 0 Å². The van der Waals surface area contributed by atoms with Crippen LogP contribution >= 0.6 is 0 Å². The van der Waals surface area contributed by atoms with Crippen LogP contribution in [0.4, 0.5) is 0 Å². The summed E-state index contributed by atoms with van der Waals surface area (Å²) in [5.41, 5.74) is 1.50. The van der Waals surface area contributed by atoms with Gasteiger partial charge in [-0.2, -0.15) is 0 Å². The molecule has 5 saturated carbocycles. The molecule has 0 aliphatic heterocycles. The van der Waals surface area contributed by atoms with E-state index in [0.29, 0.717) is 11.3 Å². The summed E-state index contributed by atoms with van der Waals surface area (Å²) >= 11 is 0. The molecule has 5 aliphatic carbocycles. The summed E-state index contributed by atoms with van der Waals surface area (Å²) in [7, 11) is 0. The molecule has 4 nitrogen and oxygen atoms in total. The number of carbonyl (C=O) groups is 1. The van der Waals surface area contributed by atoms with Crippen molar-refractivity contribution in [2.45, 2.75) is 50.9 Å². The van der Waals surface area contributed by atoms with Crippen LogP contribution in [-0.4, -0.2) is 22.4 Å². The largest absolute Gasteiger partial charge is 0.355 e. The number of imidazole rings is 1. The maximum atomic E-state index is 12.5. The Hall–Kier alpha value is -1.32. The lowest BCUT2D eigenvalue weighted by molar-refractivity contribution is -0.124. The molecule has 4 heteroatoms. The van der Waals surface area contributed by atoms with Crippen LogP contribution in [0, 0.1) is 29.1 Å². The van der Waals surface area contributed by atoms with Gasteiger partial charge in [-0.05, 0) is 68.1 Å². The van der Waals surface area contributed by atoms with Gasteiger partial charge in [-0.15, -0.1) is 0 Å². The minimum atomic E-state index is 0.164. The van der Waals surface area contributed by atoms with Crippen LogP contribution in [0.3, 0.4) is 0 Å². The molecule has 6 rings (SSSR count). The molecule has 0 radical (unpaired) electrons. The lowest BCUT2D eigenvalue weighted by Gasteiger charge is -2.56. The molecule has 5 aliphatic rings. The van der Waals surface area contributed by atoms with Gasteiger partial charge in [-0.3, -0.25) is 4.79 Å². The van der Waals surface area contributed by atoms with E-state index < -0.39 is 0 Å². The molecule has 2 N–H and O–H groups in total. The molecular weight excluding hydrogens is 274 g/mol. The third-order valence-electron chi connectivity index (χ3n) is 6.83. The fraction of sp³-hybridized carbons (Fsp3) is 0.778. The number of amides is 1. The number of rotatable bonds is 4. The second-order valence-corrected chi connectivity index (χ2v) is 8.58. The van der Waals surface area contributed by atoms with Crippen LogP contribution < -0.4 is 5.32 Å². The van der Waals surface area contributed by atoms with Crippen LogP contribution in [0.2, 0.25) is 0 Å². The SMILES string of the molecule is O=C(NCC12CC3CC(CC(C3)C1)C2)[C@@H]1C[C@H]1c1c[nH]cn1. The normalized spacial score (nSPS) is 45.0. The Morgan fingerprint density at radius 2 is 1.86 bits per heavy atom. The zero-order valence-electron chi connectivity index (χ0n) is 13.1. The van der Waals surface area contributed by atoms with Crippen molar-refractivity contribution in [1.82, 2.24) is 15.3 Å². The zero-order valence-corrected chi connectivity index (χ0v) is 13.1. The quantitative estimate of drug-likeness (QED) is 0.898. The van der Waals surface area contributed by atoms with Gasteiger partial charge in [0.2, 0.25) is 5.91 Å². The number of carbonyl (C=O) groups excluding carboxylic acids is 1. The molecule has 1 heterocycles. The summed E-state index contributed by atoms with van der Waals surface area (Å²) in [5, 5.41) is 3.32. The van der Waals surface area contributed by atoms with Crippen LogP contribution in [0.5, 0.6) is 0 Å². The minimum Gasteiger partial charge on any atom is -0.355 e. The molecular formula is C18H25N3O. The maximum Gasteiger partial charge on any atom is 0.223 e. The van der Waals surface area contributed by atoms with E-state index in [0.717, 1.165) is 36.4 Å². The third-order valence-corrected chi connectivity index (χ3v) is 6.83. The zero-order chi connectivity index (χ0) is 14.7. The standard InChI is InChI=1S/C18H25N3O/c22-17(15-4-14(15)16-8-19-10-21-16)20-9-18-5-11-1-12(6-18)3-13(2-11)7-18/h8,10-15H,1-7,9H2,(H,19,21)(H,20,22)/t11?,12?,13?,14-,15-,18?/m1/s1. The van der Waals surface area contributed by atoms with E-state index in [2.05, 4.69) is 15.3 Å². The number of nitrogens with one attached hydrogen (secondary N) is 2. The Morgan fingerprint density at radius 1 is 1.18 bits per heavy atom. The average molecular weight is 299 g/mol. The van der Waals surface area contributed by atoms with Gasteiger partial charge < -0.3 is 10.3 Å². The number of aromatic amines is 1. The average Bonchev–Trinajstić information content (AvgIpc) is 3.09. The molecule has 1 aromatic rings. The molecule has 22 heavy (non-hydrogen) atoms. The van der Waals surface area contributed by atoms with Gasteiger partial charge in [0.25, 0.3) is 0 Å². The van der Waals surface area contributed by atoms with E-state index in [9.17, 15) is 4.79 Å². The fourth-order valence-electron chi connectivity index (χ4n) is 6.20. The van der Waals surface area contributed by atoms with Crippen molar-refractivity contribution in [2.75, 3.05) is 6.54 Å². The molecule has 1 aromatic heterocycles. The van der Waals surface area contributed by atoms with Gasteiger partial charge >= 0.3 is 0 Å². The lowest BCUT2D eigenvalue weighted by atomic mass is 9.49. The van der Waals surface area contributed by atoms with E-state index in [1.54, 1.807) is 6.33 Å². The number of nitrogens with zero attached hydrogens (tertiary/aromatic N) is 1. The van der Waals surface area contributed by atoms with Gasteiger partial charge in [0.05, 0.1) is 12.0 Å². The van der Waals surface area contributed by atoms with Crippen molar-refractivity contribution in [3.8, 4) is 0 Å². The van der Waals surface area contributed by atoms with Gasteiger partial charge in [0, 0.05) is 24.6 Å². The molecule has 5 fully saturated rings. The Labute approximate surface area is 131 Å². The Morgan fingerprint density at radius 3 is 2.45 bits per heavy atom. The first kappa shape index (κ1) is 13.1. The third kappa shape index (κ3) is 2.10. The highest BCUT2D eigenvalue weighted by molar-refractivity contribution is 5.82. The molecule has 0 spiro atoms. The van der Waals surface area contributed by atoms with E-state index in [1.165, 1.54) is 38.5 Å². The molecule has 118 valence electrons. The summed E-state index contributed by atoms with van der Waals surface area (Å²) in [6, 6.07) is 0. The predicted molar refractivity (Wildman–Crippen MR) is 83.1 cm³/mol. The second kappa shape index (κ2) is 4.59. The fourth-order valence-corrected chi connectivity index (χ4v) is 6.20. The van der Waals surface area contributed by atoms with Crippen molar-refractivity contribution >= 4 is 5.91 Å². The van der Waals surface area contributed by atoms with Gasteiger partial charge in [-0.1, -0.05) is 0 Å². The predicted octanol–water partition coefficient (Wildman–Crippen LogP) is 2.85. The van der Waals surface area contributed by atoms with Gasteiger partial charge in [0.15, 0.2) is 0 Å². The molecule has 4 bridgehead atoms. The molecule has 0 saturated heterocycles. The monoisotopic (exact) mass is 299 g/mol. The summed E-state index contributed by atoms with van der Waals surface area (Å²) in [5.74, 6) is 3.66. The first-order chi connectivity index (χ1) is 10.7. The number of hydrogen-bond donors (Lipinski definition) is 2. The van der Waals surface area contributed by atoms with Crippen molar-refractivity contribution in [1.29, 1.82) is 0 Å². The van der Waals surface area contributed by atoms with Gasteiger partial charge in [0.1, 0.15) is 0 Å².